The topological polar surface area (TPSA) is 0 Å². The summed E-state index contributed by atoms with van der Waals surface area (Å²) in [6.07, 6.45) is 10.4. The van der Waals surface area contributed by atoms with E-state index in [1.807, 2.05) is 11.8 Å². The molecular formula is C14H16S. The summed E-state index contributed by atoms with van der Waals surface area (Å²) in [5.74, 6) is 0. The second kappa shape index (κ2) is 5.22. The van der Waals surface area contributed by atoms with Gasteiger partial charge in [0.15, 0.2) is 0 Å². The number of allylic oxidation sites excluding steroid dienone is 3. The van der Waals surface area contributed by atoms with E-state index in [9.17, 15) is 0 Å². The van der Waals surface area contributed by atoms with E-state index in [1.165, 1.54) is 34.6 Å². The molecule has 2 rings (SSSR count). The van der Waals surface area contributed by atoms with Crippen molar-refractivity contribution in [2.45, 2.75) is 31.1 Å². The molecule has 0 radical (unpaired) electrons. The van der Waals surface area contributed by atoms with Crippen LogP contribution in [-0.2, 0) is 0 Å². The fraction of sp³-hybridized carbons (Fsp3) is 0.286. The summed E-state index contributed by atoms with van der Waals surface area (Å²) in [5.41, 5.74) is 1.34. The molecule has 0 saturated heterocycles. The lowest BCUT2D eigenvalue weighted by atomic mass is 10.2. The normalized spacial score (nSPS) is 14.3. The molecule has 0 saturated carbocycles. The summed E-state index contributed by atoms with van der Waals surface area (Å²) in [6.45, 7) is 2.24. The molecule has 0 nitrogen and oxygen atoms in total. The van der Waals surface area contributed by atoms with Gasteiger partial charge in [0.25, 0.3) is 0 Å². The van der Waals surface area contributed by atoms with E-state index in [0.717, 1.165) is 0 Å². The van der Waals surface area contributed by atoms with E-state index in [0.29, 0.717) is 0 Å². The molecule has 1 aliphatic rings. The average Bonchev–Trinajstić information content (AvgIpc) is 2.47. The van der Waals surface area contributed by atoms with Gasteiger partial charge < -0.3 is 0 Å². The van der Waals surface area contributed by atoms with Crippen molar-refractivity contribution >= 4 is 17.8 Å². The van der Waals surface area contributed by atoms with E-state index < -0.39 is 0 Å². The van der Waals surface area contributed by atoms with Crippen molar-refractivity contribution in [2.75, 3.05) is 0 Å². The van der Waals surface area contributed by atoms with Crippen LogP contribution in [0.2, 0.25) is 0 Å². The molecule has 15 heavy (non-hydrogen) atoms. The zero-order valence-corrected chi connectivity index (χ0v) is 9.89. The lowest BCUT2D eigenvalue weighted by Crippen LogP contribution is -1.80. The van der Waals surface area contributed by atoms with E-state index in [4.69, 9.17) is 0 Å². The molecule has 1 heteroatoms. The molecule has 0 aliphatic carbocycles. The lowest BCUT2D eigenvalue weighted by Gasteiger charge is -2.06. The third-order valence-corrected chi connectivity index (χ3v) is 3.69. The molecule has 0 N–H and O–H groups in total. The number of thioether (sulfide) groups is 1. The molecule has 0 atom stereocenters. The van der Waals surface area contributed by atoms with Crippen LogP contribution in [-0.4, -0.2) is 0 Å². The van der Waals surface area contributed by atoms with E-state index in [-0.39, 0.29) is 0 Å². The number of fused-ring (bicyclic) bond motifs is 1. The maximum absolute atomic E-state index is 2.25. The van der Waals surface area contributed by atoms with Gasteiger partial charge in [-0.25, -0.2) is 0 Å². The molecule has 1 aromatic carbocycles. The van der Waals surface area contributed by atoms with Gasteiger partial charge in [-0.05, 0) is 29.4 Å². The molecular weight excluding hydrogens is 200 g/mol. The first kappa shape index (κ1) is 10.6. The van der Waals surface area contributed by atoms with Crippen LogP contribution >= 0.6 is 11.8 Å². The molecule has 0 amide bonds. The Morgan fingerprint density at radius 2 is 2.07 bits per heavy atom. The third-order valence-electron chi connectivity index (χ3n) is 2.49. The Kier molecular flexibility index (Phi) is 3.68. The van der Waals surface area contributed by atoms with Crippen LogP contribution in [0, 0.1) is 0 Å². The standard InChI is InChI=1S/C14H16S/c1-2-3-9-13-10-6-8-12-7-4-5-11-14(12)15-13/h4-8,10-11H,2-3,9H2,1H3. The third kappa shape index (κ3) is 2.75. The first-order chi connectivity index (χ1) is 7.40. The van der Waals surface area contributed by atoms with Crippen LogP contribution < -0.4 is 0 Å². The van der Waals surface area contributed by atoms with Gasteiger partial charge in [-0.1, -0.05) is 61.5 Å². The van der Waals surface area contributed by atoms with Crippen LogP contribution in [0.4, 0.5) is 0 Å². The largest absolute Gasteiger partial charge is 0.0939 e. The van der Waals surface area contributed by atoms with Gasteiger partial charge in [-0.2, -0.15) is 0 Å². The van der Waals surface area contributed by atoms with Gasteiger partial charge >= 0.3 is 0 Å². The number of benzene rings is 1. The highest BCUT2D eigenvalue weighted by Crippen LogP contribution is 2.35. The Hall–Kier alpha value is -0.950. The van der Waals surface area contributed by atoms with E-state index >= 15 is 0 Å². The van der Waals surface area contributed by atoms with Gasteiger partial charge in [-0.15, -0.1) is 0 Å². The molecule has 78 valence electrons. The van der Waals surface area contributed by atoms with Crippen molar-refractivity contribution in [3.63, 3.8) is 0 Å². The Morgan fingerprint density at radius 3 is 2.93 bits per heavy atom. The quantitative estimate of drug-likeness (QED) is 0.694. The smallest absolute Gasteiger partial charge is 0.0191 e. The molecule has 1 aromatic rings. The Labute approximate surface area is 96.1 Å². The first-order valence-corrected chi connectivity index (χ1v) is 6.36. The average molecular weight is 216 g/mol. The lowest BCUT2D eigenvalue weighted by molar-refractivity contribution is 0.809. The highest BCUT2D eigenvalue weighted by molar-refractivity contribution is 8.03. The van der Waals surface area contributed by atoms with Gasteiger partial charge in [-0.3, -0.25) is 0 Å². The minimum atomic E-state index is 1.21. The van der Waals surface area contributed by atoms with Crippen LogP contribution in [0.1, 0.15) is 31.7 Å². The predicted molar refractivity (Wildman–Crippen MR) is 68.9 cm³/mol. The highest BCUT2D eigenvalue weighted by Gasteiger charge is 2.05. The predicted octanol–water partition coefficient (Wildman–Crippen LogP) is 4.88. The second-order valence-electron chi connectivity index (χ2n) is 3.74. The SMILES string of the molecule is CCCCC1=CC=Cc2ccccc2S1. The zero-order chi connectivity index (χ0) is 10.5. The summed E-state index contributed by atoms with van der Waals surface area (Å²) in [6, 6.07) is 8.59. The number of hydrogen-bond acceptors (Lipinski definition) is 1. The van der Waals surface area contributed by atoms with Crippen LogP contribution in [0.3, 0.4) is 0 Å². The molecule has 0 spiro atoms. The Balaban J connectivity index is 2.16. The zero-order valence-electron chi connectivity index (χ0n) is 9.07. The monoisotopic (exact) mass is 216 g/mol. The highest BCUT2D eigenvalue weighted by atomic mass is 32.2. The fourth-order valence-corrected chi connectivity index (χ4v) is 2.71. The first-order valence-electron chi connectivity index (χ1n) is 5.54. The molecule has 0 aromatic heterocycles. The van der Waals surface area contributed by atoms with E-state index in [2.05, 4.69) is 49.4 Å². The molecule has 0 fully saturated rings. The summed E-state index contributed by atoms with van der Waals surface area (Å²) >= 11 is 1.92. The molecule has 1 heterocycles. The summed E-state index contributed by atoms with van der Waals surface area (Å²) in [5, 5.41) is 0. The maximum Gasteiger partial charge on any atom is 0.0191 e. The second-order valence-corrected chi connectivity index (χ2v) is 4.90. The number of rotatable bonds is 3. The van der Waals surface area contributed by atoms with Crippen molar-refractivity contribution in [3.8, 4) is 0 Å². The minimum absolute atomic E-state index is 1.21. The number of hydrogen-bond donors (Lipinski definition) is 0. The van der Waals surface area contributed by atoms with Gasteiger partial charge in [0.1, 0.15) is 0 Å². The van der Waals surface area contributed by atoms with Crippen molar-refractivity contribution in [3.05, 3.63) is 46.9 Å². The van der Waals surface area contributed by atoms with Crippen molar-refractivity contribution in [1.82, 2.24) is 0 Å². The molecule has 0 bridgehead atoms. The van der Waals surface area contributed by atoms with Gasteiger partial charge in [0.2, 0.25) is 0 Å². The van der Waals surface area contributed by atoms with Gasteiger partial charge in [0, 0.05) is 4.90 Å². The fourth-order valence-electron chi connectivity index (χ4n) is 1.63. The maximum atomic E-state index is 2.25. The summed E-state index contributed by atoms with van der Waals surface area (Å²) in [7, 11) is 0. The molecule has 1 aliphatic heterocycles. The van der Waals surface area contributed by atoms with Crippen LogP contribution in [0.25, 0.3) is 6.08 Å². The van der Waals surface area contributed by atoms with Gasteiger partial charge in [0.05, 0.1) is 0 Å². The van der Waals surface area contributed by atoms with Crippen LogP contribution in [0.5, 0.6) is 0 Å². The van der Waals surface area contributed by atoms with Crippen LogP contribution in [0.15, 0.2) is 46.2 Å². The Morgan fingerprint density at radius 1 is 1.20 bits per heavy atom. The van der Waals surface area contributed by atoms with E-state index in [1.54, 1.807) is 0 Å². The summed E-state index contributed by atoms with van der Waals surface area (Å²) < 4.78 is 0. The van der Waals surface area contributed by atoms with Crippen molar-refractivity contribution < 1.29 is 0 Å². The Bertz CT molecular complexity index is 388. The van der Waals surface area contributed by atoms with Crippen molar-refractivity contribution in [1.29, 1.82) is 0 Å². The number of unbranched alkanes of at least 4 members (excludes halogenated alkanes) is 1. The van der Waals surface area contributed by atoms with Crippen molar-refractivity contribution in [2.24, 2.45) is 0 Å². The summed E-state index contributed by atoms with van der Waals surface area (Å²) in [4.78, 5) is 2.87. The molecule has 0 unspecified atom stereocenters. The minimum Gasteiger partial charge on any atom is -0.0939 e.